The number of rotatable bonds is 7. The molecule has 0 spiro atoms. The second-order valence-electron chi connectivity index (χ2n) is 7.09. The normalized spacial score (nSPS) is 11.5. The van der Waals surface area contributed by atoms with Gasteiger partial charge in [0, 0.05) is 29.8 Å². The number of ether oxygens (including phenoxy) is 2. The summed E-state index contributed by atoms with van der Waals surface area (Å²) in [7, 11) is 3.05. The number of hydrogen-bond donors (Lipinski definition) is 2. The van der Waals surface area contributed by atoms with Gasteiger partial charge in [-0.15, -0.1) is 0 Å². The van der Waals surface area contributed by atoms with Crippen molar-refractivity contribution in [2.24, 2.45) is 0 Å². The number of nitrogens with zero attached hydrogens (tertiary/aromatic N) is 3. The molecule has 0 radical (unpaired) electrons. The summed E-state index contributed by atoms with van der Waals surface area (Å²) in [5.74, 6) is 0.997. The van der Waals surface area contributed by atoms with E-state index < -0.39 is 5.60 Å². The molecule has 0 bridgehead atoms. The lowest BCUT2D eigenvalue weighted by atomic mass is 10.1. The highest BCUT2D eigenvalue weighted by molar-refractivity contribution is 6.06. The van der Waals surface area contributed by atoms with E-state index in [0.717, 1.165) is 5.39 Å². The summed E-state index contributed by atoms with van der Waals surface area (Å²) in [6, 6.07) is 8.53. The largest absolute Gasteiger partial charge is 0.494 e. The summed E-state index contributed by atoms with van der Waals surface area (Å²) in [5.41, 5.74) is 0.308. The summed E-state index contributed by atoms with van der Waals surface area (Å²) in [4.78, 5) is 16.9. The monoisotopic (exact) mass is 384 g/mol. The minimum absolute atomic E-state index is 0.315. The van der Waals surface area contributed by atoms with Gasteiger partial charge in [-0.25, -0.2) is 0 Å². The molecule has 0 atom stereocenters. The van der Waals surface area contributed by atoms with Crippen LogP contribution in [0, 0.1) is 0 Å². The van der Waals surface area contributed by atoms with Crippen LogP contribution in [0.25, 0.3) is 10.9 Å². The molecule has 2 heterocycles. The van der Waals surface area contributed by atoms with Crippen LogP contribution < -0.4 is 14.8 Å². The molecule has 28 heavy (non-hydrogen) atoms. The van der Waals surface area contributed by atoms with Gasteiger partial charge in [0.2, 0.25) is 5.88 Å². The molecule has 8 nitrogen and oxygen atoms in total. The van der Waals surface area contributed by atoms with Crippen LogP contribution in [0.5, 0.6) is 11.6 Å². The highest BCUT2D eigenvalue weighted by Crippen LogP contribution is 2.27. The minimum Gasteiger partial charge on any atom is -0.494 e. The number of benzene rings is 1. The molecule has 2 N–H and O–H groups in total. The fraction of sp³-hybridized carbons (Fsp3) is 0.350. The molecular formula is C20H24N4O4. The Morgan fingerprint density at radius 2 is 2.04 bits per heavy atom. The van der Waals surface area contributed by atoms with E-state index in [1.807, 2.05) is 6.20 Å². The smallest absolute Gasteiger partial charge is 0.256 e. The van der Waals surface area contributed by atoms with Gasteiger partial charge in [0.25, 0.3) is 5.91 Å². The van der Waals surface area contributed by atoms with Crippen molar-refractivity contribution >= 4 is 22.6 Å². The quantitative estimate of drug-likeness (QED) is 0.650. The molecule has 0 saturated carbocycles. The number of nitrogens with one attached hydrogen (secondary N) is 1. The molecule has 0 aliphatic carbocycles. The van der Waals surface area contributed by atoms with Crippen LogP contribution in [0.3, 0.4) is 0 Å². The predicted molar refractivity (Wildman–Crippen MR) is 106 cm³/mol. The Kier molecular flexibility index (Phi) is 5.51. The Bertz CT molecular complexity index is 992. The Morgan fingerprint density at radius 1 is 1.25 bits per heavy atom. The predicted octanol–water partition coefficient (Wildman–Crippen LogP) is 2.86. The van der Waals surface area contributed by atoms with Gasteiger partial charge in [0.15, 0.2) is 0 Å². The second kappa shape index (κ2) is 7.85. The average molecular weight is 384 g/mol. The van der Waals surface area contributed by atoms with Gasteiger partial charge in [0.05, 0.1) is 19.8 Å². The Labute approximate surface area is 163 Å². The number of carbonyl (C=O) groups excluding carboxylic acids is 1. The van der Waals surface area contributed by atoms with Crippen molar-refractivity contribution in [1.82, 2.24) is 14.8 Å². The van der Waals surface area contributed by atoms with Gasteiger partial charge in [-0.2, -0.15) is 10.1 Å². The number of carbonyl (C=O) groups is 1. The molecule has 3 aromatic rings. The molecular weight excluding hydrogens is 360 g/mol. The van der Waals surface area contributed by atoms with Crippen molar-refractivity contribution in [3.8, 4) is 11.6 Å². The molecule has 8 heteroatoms. The van der Waals surface area contributed by atoms with Crippen LogP contribution in [-0.4, -0.2) is 45.6 Å². The molecule has 0 aliphatic heterocycles. The van der Waals surface area contributed by atoms with Gasteiger partial charge in [-0.05, 0) is 38.5 Å². The Morgan fingerprint density at radius 3 is 2.71 bits per heavy atom. The summed E-state index contributed by atoms with van der Waals surface area (Å²) in [6.45, 7) is 4.06. The van der Waals surface area contributed by atoms with E-state index in [2.05, 4.69) is 15.4 Å². The number of fused-ring (bicyclic) bond motifs is 1. The molecule has 0 saturated heterocycles. The SMILES string of the molecule is COc1cccc(NC(=O)c2cc(OC)c3nn(CCC(C)(C)O)cc3c2)n1. The number of aromatic nitrogens is 3. The van der Waals surface area contributed by atoms with Gasteiger partial charge in [0.1, 0.15) is 17.1 Å². The summed E-state index contributed by atoms with van der Waals surface area (Å²) < 4.78 is 12.2. The topological polar surface area (TPSA) is 98.5 Å². The maximum Gasteiger partial charge on any atom is 0.256 e. The fourth-order valence-electron chi connectivity index (χ4n) is 2.73. The summed E-state index contributed by atoms with van der Waals surface area (Å²) in [6.07, 6.45) is 2.39. The van der Waals surface area contributed by atoms with Crippen molar-refractivity contribution in [3.63, 3.8) is 0 Å². The molecule has 1 aromatic carbocycles. The van der Waals surface area contributed by atoms with Crippen molar-refractivity contribution in [2.45, 2.75) is 32.4 Å². The lowest BCUT2D eigenvalue weighted by Crippen LogP contribution is -2.21. The van der Waals surface area contributed by atoms with Gasteiger partial charge < -0.3 is 19.9 Å². The summed E-state index contributed by atoms with van der Waals surface area (Å²) >= 11 is 0. The number of aryl methyl sites for hydroxylation is 1. The van der Waals surface area contributed by atoms with Crippen molar-refractivity contribution < 1.29 is 19.4 Å². The van der Waals surface area contributed by atoms with E-state index >= 15 is 0 Å². The number of amides is 1. The Balaban J connectivity index is 1.87. The van der Waals surface area contributed by atoms with Crippen molar-refractivity contribution in [1.29, 1.82) is 0 Å². The second-order valence-corrected chi connectivity index (χ2v) is 7.09. The zero-order valence-electron chi connectivity index (χ0n) is 16.4. The number of aliphatic hydroxyl groups is 1. The first kappa shape index (κ1) is 19.6. The Hall–Kier alpha value is -3.13. The van der Waals surface area contributed by atoms with E-state index in [1.54, 1.807) is 48.9 Å². The zero-order valence-corrected chi connectivity index (χ0v) is 16.4. The molecule has 1 amide bonds. The first-order valence-electron chi connectivity index (χ1n) is 8.89. The standard InChI is InChI=1S/C20H24N4O4/c1-20(2,26)8-9-24-12-14-10-13(11-15(27-3)18(14)23-24)19(25)22-16-6-5-7-17(21-16)28-4/h5-7,10-12,26H,8-9H2,1-4H3,(H,21,22,25). The average Bonchev–Trinajstić information content (AvgIpc) is 3.08. The minimum atomic E-state index is -0.781. The van der Waals surface area contributed by atoms with Crippen molar-refractivity contribution in [2.75, 3.05) is 19.5 Å². The number of anilines is 1. The summed E-state index contributed by atoms with van der Waals surface area (Å²) in [5, 5.41) is 18.0. The molecule has 0 unspecified atom stereocenters. The van der Waals surface area contributed by atoms with Crippen LogP contribution in [0.1, 0.15) is 30.6 Å². The van der Waals surface area contributed by atoms with Crippen LogP contribution in [0.2, 0.25) is 0 Å². The number of pyridine rings is 1. The molecule has 2 aromatic heterocycles. The first-order valence-corrected chi connectivity index (χ1v) is 8.89. The van der Waals surface area contributed by atoms with E-state index in [9.17, 15) is 9.90 Å². The number of methoxy groups -OCH3 is 2. The zero-order chi connectivity index (χ0) is 20.3. The number of hydrogen-bond acceptors (Lipinski definition) is 6. The molecule has 3 rings (SSSR count). The van der Waals surface area contributed by atoms with Crippen molar-refractivity contribution in [3.05, 3.63) is 42.1 Å². The molecule has 0 fully saturated rings. The maximum absolute atomic E-state index is 12.7. The van der Waals surface area contributed by atoms with E-state index in [-0.39, 0.29) is 5.91 Å². The lowest BCUT2D eigenvalue weighted by molar-refractivity contribution is 0.0651. The van der Waals surface area contributed by atoms with E-state index in [1.165, 1.54) is 14.2 Å². The molecule has 0 aliphatic rings. The van der Waals surface area contributed by atoms with E-state index in [4.69, 9.17) is 9.47 Å². The third-order valence-corrected chi connectivity index (χ3v) is 4.23. The van der Waals surface area contributed by atoms with Gasteiger partial charge >= 0.3 is 0 Å². The van der Waals surface area contributed by atoms with Crippen LogP contribution in [0.15, 0.2) is 36.5 Å². The van der Waals surface area contributed by atoms with Gasteiger partial charge in [-0.3, -0.25) is 9.48 Å². The third kappa shape index (κ3) is 4.58. The molecule has 148 valence electrons. The first-order chi connectivity index (χ1) is 13.3. The van der Waals surface area contributed by atoms with Crippen LogP contribution >= 0.6 is 0 Å². The maximum atomic E-state index is 12.7. The fourth-order valence-corrected chi connectivity index (χ4v) is 2.73. The van der Waals surface area contributed by atoms with Crippen LogP contribution in [-0.2, 0) is 6.54 Å². The lowest BCUT2D eigenvalue weighted by Gasteiger charge is -2.16. The highest BCUT2D eigenvalue weighted by atomic mass is 16.5. The van der Waals surface area contributed by atoms with Crippen LogP contribution in [0.4, 0.5) is 5.82 Å². The highest BCUT2D eigenvalue weighted by Gasteiger charge is 2.16. The van der Waals surface area contributed by atoms with E-state index in [0.29, 0.717) is 41.5 Å². The third-order valence-electron chi connectivity index (χ3n) is 4.23. The van der Waals surface area contributed by atoms with Gasteiger partial charge in [-0.1, -0.05) is 6.07 Å².